The second-order valence-electron chi connectivity index (χ2n) is 8.08. The molecule has 1 amide bonds. The third-order valence-electron chi connectivity index (χ3n) is 4.58. The Hall–Kier alpha value is -2.13. The number of hydrogen-bond donors (Lipinski definition) is 1. The van der Waals surface area contributed by atoms with E-state index in [1.165, 1.54) is 12.1 Å². The van der Waals surface area contributed by atoms with Crippen LogP contribution in [0.25, 0.3) is 0 Å². The molecule has 1 aromatic heterocycles. The van der Waals surface area contributed by atoms with E-state index in [4.69, 9.17) is 16.3 Å². The highest BCUT2D eigenvalue weighted by molar-refractivity contribution is 7.91. The fraction of sp³-hybridized carbons (Fsp3) is 0.474. The SMILES string of the molecule is CC(C)(C)c1cc(NC(=O)COc2ccc(F)cc2Cl)n([C@@H]2CCS(=O)(=O)C2)n1. The lowest BCUT2D eigenvalue weighted by molar-refractivity contribution is -0.118. The molecular formula is C19H23ClFN3O4S. The zero-order valence-electron chi connectivity index (χ0n) is 16.4. The van der Waals surface area contributed by atoms with Crippen LogP contribution in [0.3, 0.4) is 0 Å². The molecule has 1 aromatic carbocycles. The Balaban J connectivity index is 1.76. The highest BCUT2D eigenvalue weighted by Gasteiger charge is 2.32. The standard InChI is InChI=1S/C19H23ClFN3O4S/c1-19(2,3)16-9-17(24(23-16)13-6-7-29(26,27)11-13)22-18(25)10-28-15-5-4-12(21)8-14(15)20/h4-5,8-9,13H,6-7,10-11H2,1-3H3,(H,22,25)/t13-/m1/s1. The summed E-state index contributed by atoms with van der Waals surface area (Å²) >= 11 is 5.90. The highest BCUT2D eigenvalue weighted by Crippen LogP contribution is 2.31. The number of ether oxygens (including phenoxy) is 1. The first kappa shape index (κ1) is 21.6. The number of nitrogens with one attached hydrogen (secondary N) is 1. The minimum Gasteiger partial charge on any atom is -0.482 e. The number of rotatable bonds is 5. The molecule has 0 saturated carbocycles. The van der Waals surface area contributed by atoms with E-state index in [-0.39, 0.29) is 40.3 Å². The van der Waals surface area contributed by atoms with Crippen molar-refractivity contribution in [2.24, 2.45) is 0 Å². The molecule has 1 fully saturated rings. The lowest BCUT2D eigenvalue weighted by Crippen LogP contribution is -2.24. The molecule has 1 saturated heterocycles. The number of carbonyl (C=O) groups is 1. The normalized spacial score (nSPS) is 18.6. The Kier molecular flexibility index (Phi) is 5.91. The van der Waals surface area contributed by atoms with E-state index in [1.54, 1.807) is 10.7 Å². The van der Waals surface area contributed by atoms with Crippen LogP contribution in [0.4, 0.5) is 10.2 Å². The second kappa shape index (κ2) is 7.95. The topological polar surface area (TPSA) is 90.3 Å². The average Bonchev–Trinajstić information content (AvgIpc) is 3.17. The van der Waals surface area contributed by atoms with Crippen molar-refractivity contribution in [3.63, 3.8) is 0 Å². The van der Waals surface area contributed by atoms with E-state index < -0.39 is 21.6 Å². The zero-order chi connectivity index (χ0) is 21.4. The van der Waals surface area contributed by atoms with Gasteiger partial charge in [0.1, 0.15) is 17.4 Å². The first-order valence-electron chi connectivity index (χ1n) is 9.13. The maximum atomic E-state index is 13.1. The maximum Gasteiger partial charge on any atom is 0.263 e. The van der Waals surface area contributed by atoms with Crippen LogP contribution < -0.4 is 10.1 Å². The smallest absolute Gasteiger partial charge is 0.263 e. The van der Waals surface area contributed by atoms with Gasteiger partial charge < -0.3 is 10.1 Å². The Labute approximate surface area is 174 Å². The van der Waals surface area contributed by atoms with Gasteiger partial charge in [-0.25, -0.2) is 17.5 Å². The van der Waals surface area contributed by atoms with Crippen molar-refractivity contribution < 1.29 is 22.3 Å². The first-order valence-corrected chi connectivity index (χ1v) is 11.3. The zero-order valence-corrected chi connectivity index (χ0v) is 18.0. The van der Waals surface area contributed by atoms with Gasteiger partial charge in [-0.15, -0.1) is 0 Å². The van der Waals surface area contributed by atoms with E-state index in [2.05, 4.69) is 10.4 Å². The van der Waals surface area contributed by atoms with E-state index in [1.807, 2.05) is 20.8 Å². The predicted octanol–water partition coefficient (Wildman–Crippen LogP) is 3.35. The summed E-state index contributed by atoms with van der Waals surface area (Å²) in [7, 11) is -3.11. The first-order chi connectivity index (χ1) is 13.4. The molecule has 0 unspecified atom stereocenters. The van der Waals surface area contributed by atoms with Crippen LogP contribution in [0.15, 0.2) is 24.3 Å². The quantitative estimate of drug-likeness (QED) is 0.765. The van der Waals surface area contributed by atoms with Gasteiger partial charge in [-0.05, 0) is 24.6 Å². The summed E-state index contributed by atoms with van der Waals surface area (Å²) in [4.78, 5) is 12.4. The van der Waals surface area contributed by atoms with Crippen LogP contribution in [-0.2, 0) is 20.0 Å². The van der Waals surface area contributed by atoms with Crippen molar-refractivity contribution in [1.29, 1.82) is 0 Å². The summed E-state index contributed by atoms with van der Waals surface area (Å²) < 4.78 is 43.8. The summed E-state index contributed by atoms with van der Waals surface area (Å²) in [6.45, 7) is 5.60. The average molecular weight is 444 g/mol. The molecule has 0 spiro atoms. The van der Waals surface area contributed by atoms with Crippen molar-refractivity contribution in [2.45, 2.75) is 38.6 Å². The van der Waals surface area contributed by atoms with Gasteiger partial charge in [-0.2, -0.15) is 5.10 Å². The highest BCUT2D eigenvalue weighted by atomic mass is 35.5. The third kappa shape index (κ3) is 5.27. The van der Waals surface area contributed by atoms with Gasteiger partial charge in [0, 0.05) is 11.5 Å². The number of sulfone groups is 1. The van der Waals surface area contributed by atoms with Crippen molar-refractivity contribution in [2.75, 3.05) is 23.4 Å². The lowest BCUT2D eigenvalue weighted by atomic mass is 9.92. The largest absolute Gasteiger partial charge is 0.482 e. The maximum absolute atomic E-state index is 13.1. The van der Waals surface area contributed by atoms with Gasteiger partial charge >= 0.3 is 0 Å². The van der Waals surface area contributed by atoms with Crippen LogP contribution in [0, 0.1) is 5.82 Å². The minimum atomic E-state index is -3.11. The van der Waals surface area contributed by atoms with Gasteiger partial charge in [0.25, 0.3) is 5.91 Å². The summed E-state index contributed by atoms with van der Waals surface area (Å²) in [5.41, 5.74) is 0.458. The number of amides is 1. The third-order valence-corrected chi connectivity index (χ3v) is 6.62. The Morgan fingerprint density at radius 3 is 2.69 bits per heavy atom. The van der Waals surface area contributed by atoms with Gasteiger partial charge in [-0.1, -0.05) is 32.4 Å². The summed E-state index contributed by atoms with van der Waals surface area (Å²) in [5, 5.41) is 7.35. The molecule has 3 rings (SSSR count). The Morgan fingerprint density at radius 1 is 1.38 bits per heavy atom. The molecular weight excluding hydrogens is 421 g/mol. The second-order valence-corrected chi connectivity index (χ2v) is 10.7. The van der Waals surface area contributed by atoms with E-state index in [0.29, 0.717) is 12.2 Å². The summed E-state index contributed by atoms with van der Waals surface area (Å²) in [6, 6.07) is 5.03. The number of nitrogens with zero attached hydrogens (tertiary/aromatic N) is 2. The number of carbonyl (C=O) groups excluding carboxylic acids is 1. The van der Waals surface area contributed by atoms with Crippen LogP contribution in [0.5, 0.6) is 5.75 Å². The molecule has 0 radical (unpaired) electrons. The lowest BCUT2D eigenvalue weighted by Gasteiger charge is -2.15. The van der Waals surface area contributed by atoms with Gasteiger partial charge in [0.15, 0.2) is 16.4 Å². The summed E-state index contributed by atoms with van der Waals surface area (Å²) in [5.74, 6) is -0.278. The molecule has 1 N–H and O–H groups in total. The molecule has 1 aliphatic heterocycles. The number of hydrogen-bond acceptors (Lipinski definition) is 5. The number of aromatic nitrogens is 2. The monoisotopic (exact) mass is 443 g/mol. The number of halogens is 2. The van der Waals surface area contributed by atoms with Crippen LogP contribution in [0.2, 0.25) is 5.02 Å². The minimum absolute atomic E-state index is 0.0111. The van der Waals surface area contributed by atoms with Crippen molar-refractivity contribution in [3.05, 3.63) is 40.8 Å². The molecule has 2 aromatic rings. The molecule has 10 heteroatoms. The van der Waals surface area contributed by atoms with E-state index in [0.717, 1.165) is 11.8 Å². The van der Waals surface area contributed by atoms with Gasteiger partial charge in [0.2, 0.25) is 0 Å². The molecule has 0 aliphatic carbocycles. The van der Waals surface area contributed by atoms with Gasteiger partial charge in [-0.3, -0.25) is 4.79 Å². The molecule has 158 valence electrons. The molecule has 1 atom stereocenters. The fourth-order valence-corrected chi connectivity index (χ4v) is 4.93. The Morgan fingerprint density at radius 2 is 2.10 bits per heavy atom. The van der Waals surface area contributed by atoms with Crippen LogP contribution in [0.1, 0.15) is 38.9 Å². The van der Waals surface area contributed by atoms with E-state index in [9.17, 15) is 17.6 Å². The van der Waals surface area contributed by atoms with Crippen molar-refractivity contribution >= 4 is 33.2 Å². The predicted molar refractivity (Wildman–Crippen MR) is 109 cm³/mol. The number of benzene rings is 1. The molecule has 2 heterocycles. The van der Waals surface area contributed by atoms with Gasteiger partial charge in [0.05, 0.1) is 28.3 Å². The molecule has 7 nitrogen and oxygen atoms in total. The Bertz CT molecular complexity index is 1030. The van der Waals surface area contributed by atoms with Crippen molar-refractivity contribution in [1.82, 2.24) is 9.78 Å². The molecule has 29 heavy (non-hydrogen) atoms. The van der Waals surface area contributed by atoms with Crippen LogP contribution >= 0.6 is 11.6 Å². The number of anilines is 1. The van der Waals surface area contributed by atoms with Crippen LogP contribution in [-0.4, -0.2) is 42.2 Å². The van der Waals surface area contributed by atoms with Crippen molar-refractivity contribution in [3.8, 4) is 5.75 Å². The van der Waals surface area contributed by atoms with E-state index >= 15 is 0 Å². The molecule has 1 aliphatic rings. The summed E-state index contributed by atoms with van der Waals surface area (Å²) in [6.07, 6.45) is 0.443. The molecule has 0 bridgehead atoms. The fourth-order valence-electron chi connectivity index (χ4n) is 3.02.